The molecule has 7 atom stereocenters. The van der Waals surface area contributed by atoms with E-state index in [-0.39, 0.29) is 73.9 Å². The molecule has 0 bridgehead atoms. The minimum absolute atomic E-state index is 0.0822. The molecule has 0 saturated carbocycles. The maximum absolute atomic E-state index is 15.2. The van der Waals surface area contributed by atoms with Crippen LogP contribution < -0.4 is 26.2 Å². The molecule has 5 unspecified atom stereocenters. The number of carbonyl (C=O) groups excluding carboxylic acids is 8. The fourth-order valence-corrected chi connectivity index (χ4v) is 13.3. The van der Waals surface area contributed by atoms with Crippen LogP contribution in [0, 0.1) is 23.4 Å². The van der Waals surface area contributed by atoms with E-state index < -0.39 is 106 Å². The van der Waals surface area contributed by atoms with E-state index in [2.05, 4.69) is 44.9 Å². The number of piperazine rings is 1. The third kappa shape index (κ3) is 17.9. The first-order valence-corrected chi connectivity index (χ1v) is 33.2. The normalized spacial score (nSPS) is 21.5. The topological polar surface area (TPSA) is 241 Å². The summed E-state index contributed by atoms with van der Waals surface area (Å²) in [7, 11) is 1.39. The van der Waals surface area contributed by atoms with Crippen molar-refractivity contribution in [3.63, 3.8) is 0 Å². The molecule has 4 aromatic carbocycles. The minimum atomic E-state index is -1.55. The number of hydrogen-bond acceptors (Lipinski definition) is 14. The lowest BCUT2D eigenvalue weighted by molar-refractivity contribution is -0.144. The molecule has 25 heteroatoms. The van der Waals surface area contributed by atoms with Gasteiger partial charge in [0.05, 0.1) is 19.8 Å². The quantitative estimate of drug-likeness (QED) is 0.0480. The monoisotopic (exact) mass is 1330 g/mol. The molecule has 4 aromatic rings. The van der Waals surface area contributed by atoms with Crippen LogP contribution in [0.2, 0.25) is 0 Å². The van der Waals surface area contributed by atoms with Gasteiger partial charge in [-0.15, -0.1) is 0 Å². The second kappa shape index (κ2) is 30.5. The van der Waals surface area contributed by atoms with Crippen LogP contribution >= 0.6 is 0 Å². The molecule has 0 aromatic heterocycles. The molecule has 96 heavy (non-hydrogen) atoms. The summed E-state index contributed by atoms with van der Waals surface area (Å²) >= 11 is 0. The Kier molecular flexibility index (Phi) is 22.9. The van der Waals surface area contributed by atoms with Crippen LogP contribution in [0.1, 0.15) is 135 Å². The van der Waals surface area contributed by atoms with E-state index in [0.717, 1.165) is 45.5 Å². The van der Waals surface area contributed by atoms with Gasteiger partial charge in [0.1, 0.15) is 58.9 Å². The van der Waals surface area contributed by atoms with Crippen molar-refractivity contribution in [2.75, 3.05) is 94.8 Å². The van der Waals surface area contributed by atoms with Gasteiger partial charge in [-0.2, -0.15) is 0 Å². The lowest BCUT2D eigenvalue weighted by atomic mass is 9.80. The molecule has 4 N–H and O–H groups in total. The zero-order chi connectivity index (χ0) is 69.6. The van der Waals surface area contributed by atoms with E-state index in [9.17, 15) is 33.2 Å². The summed E-state index contributed by atoms with van der Waals surface area (Å²) in [6.45, 7) is 22.5. The van der Waals surface area contributed by atoms with Crippen molar-refractivity contribution in [1.82, 2.24) is 35.1 Å². The van der Waals surface area contributed by atoms with Crippen molar-refractivity contribution in [3.8, 4) is 0 Å². The highest BCUT2D eigenvalue weighted by atomic mass is 19.1. The number of benzene rings is 4. The van der Waals surface area contributed by atoms with Crippen molar-refractivity contribution < 1.29 is 70.5 Å². The molecule has 0 spiro atoms. The Morgan fingerprint density at radius 2 is 1.46 bits per heavy atom. The van der Waals surface area contributed by atoms with Crippen molar-refractivity contribution in [1.29, 1.82) is 0 Å². The van der Waals surface area contributed by atoms with Crippen LogP contribution in [-0.2, 0) is 66.1 Å². The Morgan fingerprint density at radius 1 is 0.771 bits per heavy atom. The average molecular weight is 1340 g/mol. The second-order valence-electron chi connectivity index (χ2n) is 28.4. The molecule has 5 aliphatic heterocycles. The maximum atomic E-state index is 15.2. The van der Waals surface area contributed by atoms with E-state index in [1.807, 2.05) is 50.8 Å². The summed E-state index contributed by atoms with van der Waals surface area (Å²) in [5.41, 5.74) is 1.47. The van der Waals surface area contributed by atoms with E-state index in [0.29, 0.717) is 83.6 Å². The number of carbonyl (C=O) groups is 8. The van der Waals surface area contributed by atoms with Crippen LogP contribution in [0.3, 0.4) is 0 Å². The lowest BCUT2D eigenvalue weighted by Gasteiger charge is -2.47. The van der Waals surface area contributed by atoms with Crippen LogP contribution in [0.4, 0.5) is 39.8 Å². The van der Waals surface area contributed by atoms with E-state index >= 15 is 18.4 Å². The molecular weight excluding hydrogens is 1240 g/mol. The van der Waals surface area contributed by atoms with Crippen molar-refractivity contribution in [2.24, 2.45) is 5.92 Å². The fourth-order valence-electron chi connectivity index (χ4n) is 13.3. The molecule has 3 saturated heterocycles. The van der Waals surface area contributed by atoms with Gasteiger partial charge in [-0.3, -0.25) is 43.5 Å². The number of fused-ring (bicyclic) bond motifs is 2. The molecule has 5 aliphatic rings. The number of nitrogens with zero attached hydrogens (tertiary/aromatic N) is 6. The van der Waals surface area contributed by atoms with E-state index in [1.54, 1.807) is 43.9 Å². The summed E-state index contributed by atoms with van der Waals surface area (Å²) in [5, 5.41) is 10.8. The van der Waals surface area contributed by atoms with Gasteiger partial charge in [0.2, 0.25) is 29.5 Å². The molecule has 0 radical (unpaired) electrons. The number of hydrogen-bond donors (Lipinski definition) is 4. The zero-order valence-corrected chi connectivity index (χ0v) is 57.0. The number of para-hydroxylation sites is 1. The van der Waals surface area contributed by atoms with E-state index in [1.165, 1.54) is 43.1 Å². The predicted octanol–water partition coefficient (Wildman–Crippen LogP) is 8.44. The molecule has 520 valence electrons. The summed E-state index contributed by atoms with van der Waals surface area (Å²) < 4.78 is 67.0. The number of halogens is 3. The zero-order valence-electron chi connectivity index (χ0n) is 57.0. The molecule has 0 aliphatic carbocycles. The van der Waals surface area contributed by atoms with E-state index in [4.69, 9.17) is 18.9 Å². The van der Waals surface area contributed by atoms with Gasteiger partial charge >= 0.3 is 12.2 Å². The molecule has 5 heterocycles. The van der Waals surface area contributed by atoms with Gasteiger partial charge in [0.15, 0.2) is 0 Å². The SMILES string of the molecule is CC1COCCN1C[C@H]1CN(C(=O)OC(C)(C)C)[C@H](C)CN1CC(=O)N1CC(C)(CCCNC(=O)CC(=O)Nc2ccc3c(c2)C(C(=O)Nc2c(F)cccc2F)N(C(=O)C(NC(=O)C(C)N(C)C(=O)OC(C)(C)C)C2CCOCC2)C3)c2ccc(Cc3ccc(F)cc3)cc21. The Balaban J connectivity index is 0.874. The Hall–Kier alpha value is -8.13. The van der Waals surface area contributed by atoms with Crippen molar-refractivity contribution >= 4 is 64.7 Å². The van der Waals surface area contributed by atoms with Crippen LogP contribution in [0.15, 0.2) is 78.9 Å². The smallest absolute Gasteiger partial charge is 0.410 e. The van der Waals surface area contributed by atoms with Crippen LogP contribution in [0.25, 0.3) is 0 Å². The van der Waals surface area contributed by atoms with Gasteiger partial charge in [0.25, 0.3) is 5.91 Å². The number of morpholine rings is 1. The molecule has 9 rings (SSSR count). The summed E-state index contributed by atoms with van der Waals surface area (Å²) in [6.07, 6.45) is 0.438. The number of ether oxygens (including phenoxy) is 4. The fraction of sp³-hybridized carbons (Fsp3) is 0.549. The van der Waals surface area contributed by atoms with Crippen LogP contribution in [-0.4, -0.2) is 193 Å². The molecule has 3 fully saturated rings. The predicted molar refractivity (Wildman–Crippen MR) is 354 cm³/mol. The Morgan fingerprint density at radius 3 is 2.14 bits per heavy atom. The van der Waals surface area contributed by atoms with Gasteiger partial charge in [-0.05, 0) is 171 Å². The highest BCUT2D eigenvalue weighted by Gasteiger charge is 2.47. The van der Waals surface area contributed by atoms with Gasteiger partial charge < -0.3 is 54.9 Å². The number of anilines is 3. The molecule has 8 amide bonds. The van der Waals surface area contributed by atoms with Gasteiger partial charge in [-0.1, -0.05) is 43.3 Å². The Bertz CT molecular complexity index is 3500. The van der Waals surface area contributed by atoms with Crippen molar-refractivity contribution in [3.05, 3.63) is 124 Å². The molecule has 22 nitrogen and oxygen atoms in total. The number of rotatable bonds is 20. The second-order valence-corrected chi connectivity index (χ2v) is 28.4. The minimum Gasteiger partial charge on any atom is -0.444 e. The lowest BCUT2D eigenvalue weighted by Crippen LogP contribution is -2.64. The summed E-state index contributed by atoms with van der Waals surface area (Å²) in [4.78, 5) is 123. The first-order valence-electron chi connectivity index (χ1n) is 33.2. The standard InChI is InChI=1S/C71H93F3N10O12/c1-43-36-81(52(38-80-28-31-94-41-44(80)2)39-82(43)68(92)96-70(7,8)9)40-60(87)84-42-71(10,54-23-18-47(33-57(54)84)32-46-16-20-50(72)21-17-46)26-13-27-75-58(85)35-59(86)76-51-22-19-49-37-83(63(53(49)34-51)65(89)78-62-55(73)14-12-15-56(62)74)66(90)61(48-24-29-93-30-25-48)77-64(88)45(3)79(11)67(91)95-69(4,5)6/h12,14-23,33-34,43-45,48,52,61,63H,13,24-32,35-42H2,1-11H3,(H,75,85)(H,76,86)(H,77,88)(H,78,89)/t43-,44?,45?,52+,61?,63?,71?/m1/s1. The highest BCUT2D eigenvalue weighted by molar-refractivity contribution is 6.04. The van der Waals surface area contributed by atoms with Gasteiger partial charge in [-0.25, -0.2) is 22.8 Å². The Labute approximate surface area is 560 Å². The third-order valence-corrected chi connectivity index (χ3v) is 18.6. The van der Waals surface area contributed by atoms with Gasteiger partial charge in [0, 0.05) is 101 Å². The average Bonchev–Trinajstić information content (AvgIpc) is 1.60. The van der Waals surface area contributed by atoms with Crippen LogP contribution in [0.5, 0.6) is 0 Å². The number of amides is 8. The largest absolute Gasteiger partial charge is 0.444 e. The summed E-state index contributed by atoms with van der Waals surface area (Å²) in [5.74, 6) is -6.73. The molecular formula is C71H93F3N10O12. The third-order valence-electron chi connectivity index (χ3n) is 18.6. The number of likely N-dealkylation sites (N-methyl/N-ethyl adjacent to an activating group) is 1. The maximum Gasteiger partial charge on any atom is 0.410 e. The van der Waals surface area contributed by atoms with Crippen molar-refractivity contribution in [2.45, 2.75) is 167 Å². The number of nitrogens with one attached hydrogen (secondary N) is 4. The first-order chi connectivity index (χ1) is 45.3. The highest BCUT2D eigenvalue weighted by Crippen LogP contribution is 2.45. The first kappa shape index (κ1) is 72.1. The summed E-state index contributed by atoms with van der Waals surface area (Å²) in [6, 6.07) is 15.8.